The van der Waals surface area contributed by atoms with Crippen LogP contribution in [0.25, 0.3) is 0 Å². The zero-order chi connectivity index (χ0) is 29.5. The predicted molar refractivity (Wildman–Crippen MR) is 174 cm³/mol. The summed E-state index contributed by atoms with van der Waals surface area (Å²) in [5, 5.41) is 11.8. The maximum atomic E-state index is 11.8. The molecule has 0 heterocycles. The van der Waals surface area contributed by atoms with Crippen molar-refractivity contribution in [2.75, 3.05) is 0 Å². The second-order valence-corrected chi connectivity index (χ2v) is 16.1. The standard InChI is InChI=1S/C40H58O2/c1-27(2)12-11-13-28(3)34-20-21-35-32-19-18-30-24-33(37(41)25-40(30,5)36(32)22-23-39(34,35)4)31-16-9-10-17-38(31)42-26-29-14-7-6-8-15-29/h6-10,14-17,27-28,30,32-37,41H,11-13,18-26H2,1-5H3/t28-,30+,32+,33-,34-,35+,36+,37-,39-,40+/m1/s1. The third kappa shape index (κ3) is 5.60. The van der Waals surface area contributed by atoms with Crippen LogP contribution in [-0.4, -0.2) is 11.2 Å². The second kappa shape index (κ2) is 12.3. The lowest BCUT2D eigenvalue weighted by Crippen LogP contribution is -2.55. The molecule has 42 heavy (non-hydrogen) atoms. The van der Waals surface area contributed by atoms with Gasteiger partial charge in [0.15, 0.2) is 0 Å². The van der Waals surface area contributed by atoms with E-state index in [1.165, 1.54) is 68.9 Å². The molecule has 4 saturated carbocycles. The van der Waals surface area contributed by atoms with Gasteiger partial charge in [-0.25, -0.2) is 0 Å². The zero-order valence-electron chi connectivity index (χ0n) is 27.2. The van der Waals surface area contributed by atoms with E-state index in [-0.39, 0.29) is 17.4 Å². The molecule has 0 radical (unpaired) electrons. The van der Waals surface area contributed by atoms with Crippen molar-refractivity contribution in [3.05, 3.63) is 65.7 Å². The van der Waals surface area contributed by atoms with Gasteiger partial charge in [0.1, 0.15) is 12.4 Å². The molecule has 4 aliphatic rings. The quantitative estimate of drug-likeness (QED) is 0.325. The molecule has 4 aliphatic carbocycles. The van der Waals surface area contributed by atoms with Gasteiger partial charge in [-0.2, -0.15) is 0 Å². The highest BCUT2D eigenvalue weighted by Crippen LogP contribution is 2.69. The van der Waals surface area contributed by atoms with Gasteiger partial charge in [-0.1, -0.05) is 102 Å². The SMILES string of the molecule is CC(C)CCC[C@@H](C)[C@H]1CC[C@H]2[C@@H]3CC[C@H]4C[C@H](c5ccccc5OCc5ccccc5)[C@H](O)C[C@]4(C)[C@H]3CC[C@]12C. The van der Waals surface area contributed by atoms with E-state index in [1.807, 2.05) is 0 Å². The number of hydrogen-bond acceptors (Lipinski definition) is 2. The molecule has 230 valence electrons. The second-order valence-electron chi connectivity index (χ2n) is 16.1. The number of aliphatic hydroxyl groups is 1. The summed E-state index contributed by atoms with van der Waals surface area (Å²) in [4.78, 5) is 0. The Morgan fingerprint density at radius 1 is 0.833 bits per heavy atom. The molecular weight excluding hydrogens is 512 g/mol. The van der Waals surface area contributed by atoms with Gasteiger partial charge in [-0.3, -0.25) is 0 Å². The van der Waals surface area contributed by atoms with Crippen LogP contribution in [0.1, 0.15) is 122 Å². The first kappa shape index (κ1) is 30.2. The summed E-state index contributed by atoms with van der Waals surface area (Å²) >= 11 is 0. The van der Waals surface area contributed by atoms with Gasteiger partial charge in [-0.15, -0.1) is 0 Å². The Hall–Kier alpha value is -1.80. The van der Waals surface area contributed by atoms with E-state index in [0.717, 1.165) is 54.1 Å². The van der Waals surface area contributed by atoms with Crippen LogP contribution in [0.2, 0.25) is 0 Å². The number of aliphatic hydroxyl groups excluding tert-OH is 1. The summed E-state index contributed by atoms with van der Waals surface area (Å²) in [5.74, 6) is 6.97. The third-order valence-corrected chi connectivity index (χ3v) is 13.5. The monoisotopic (exact) mass is 570 g/mol. The number of para-hydroxylation sites is 1. The molecule has 6 rings (SSSR count). The van der Waals surface area contributed by atoms with Gasteiger partial charge < -0.3 is 9.84 Å². The minimum absolute atomic E-state index is 0.169. The molecule has 0 unspecified atom stereocenters. The van der Waals surface area contributed by atoms with Crippen LogP contribution in [0.4, 0.5) is 0 Å². The van der Waals surface area contributed by atoms with Gasteiger partial charge in [0.2, 0.25) is 0 Å². The third-order valence-electron chi connectivity index (χ3n) is 13.5. The van der Waals surface area contributed by atoms with E-state index in [4.69, 9.17) is 4.74 Å². The molecule has 0 aliphatic heterocycles. The van der Waals surface area contributed by atoms with Gasteiger partial charge in [0.25, 0.3) is 0 Å². The lowest BCUT2D eigenvalue weighted by atomic mass is 9.43. The Morgan fingerprint density at radius 3 is 2.36 bits per heavy atom. The summed E-state index contributed by atoms with van der Waals surface area (Å²) in [6.07, 6.45) is 14.4. The van der Waals surface area contributed by atoms with Crippen molar-refractivity contribution >= 4 is 0 Å². The van der Waals surface area contributed by atoms with Crippen LogP contribution >= 0.6 is 0 Å². The van der Waals surface area contributed by atoms with Crippen LogP contribution in [0.5, 0.6) is 5.75 Å². The van der Waals surface area contributed by atoms with Crippen molar-refractivity contribution in [1.29, 1.82) is 0 Å². The molecule has 1 N–H and O–H groups in total. The van der Waals surface area contributed by atoms with Crippen LogP contribution < -0.4 is 4.74 Å². The van der Waals surface area contributed by atoms with E-state index < -0.39 is 0 Å². The molecule has 2 heteroatoms. The highest BCUT2D eigenvalue weighted by Gasteiger charge is 2.61. The van der Waals surface area contributed by atoms with E-state index in [0.29, 0.717) is 17.9 Å². The summed E-state index contributed by atoms with van der Waals surface area (Å²) in [7, 11) is 0. The predicted octanol–water partition coefficient (Wildman–Crippen LogP) is 10.4. The molecule has 4 fully saturated rings. The van der Waals surface area contributed by atoms with Crippen molar-refractivity contribution in [3.63, 3.8) is 0 Å². The first-order chi connectivity index (χ1) is 20.2. The van der Waals surface area contributed by atoms with Crippen LogP contribution in [0.3, 0.4) is 0 Å². The number of hydrogen-bond donors (Lipinski definition) is 1. The first-order valence-electron chi connectivity index (χ1n) is 17.6. The highest BCUT2D eigenvalue weighted by atomic mass is 16.5. The Bertz CT molecular complexity index is 1170. The Kier molecular flexibility index (Phi) is 8.85. The van der Waals surface area contributed by atoms with Crippen molar-refractivity contribution in [3.8, 4) is 5.75 Å². The molecule has 0 aromatic heterocycles. The zero-order valence-corrected chi connectivity index (χ0v) is 27.2. The molecular formula is C40H58O2. The molecule has 0 amide bonds. The number of fused-ring (bicyclic) bond motifs is 5. The fourth-order valence-corrected chi connectivity index (χ4v) is 11.3. The topological polar surface area (TPSA) is 29.5 Å². The molecule has 2 aromatic rings. The average Bonchev–Trinajstić information content (AvgIpc) is 3.33. The summed E-state index contributed by atoms with van der Waals surface area (Å²) in [5.41, 5.74) is 3.20. The van der Waals surface area contributed by atoms with Crippen molar-refractivity contribution in [2.24, 2.45) is 52.3 Å². The van der Waals surface area contributed by atoms with Gasteiger partial charge in [0.05, 0.1) is 6.10 Å². The van der Waals surface area contributed by atoms with Gasteiger partial charge in [-0.05, 0) is 121 Å². The largest absolute Gasteiger partial charge is 0.489 e. The van der Waals surface area contributed by atoms with Crippen LogP contribution in [0.15, 0.2) is 54.6 Å². The van der Waals surface area contributed by atoms with E-state index in [2.05, 4.69) is 89.2 Å². The maximum Gasteiger partial charge on any atom is 0.123 e. The van der Waals surface area contributed by atoms with Gasteiger partial charge >= 0.3 is 0 Å². The molecule has 0 spiro atoms. The minimum atomic E-state index is -0.294. The number of ether oxygens (including phenoxy) is 1. The number of rotatable bonds is 9. The maximum absolute atomic E-state index is 11.8. The van der Waals surface area contributed by atoms with Crippen LogP contribution in [-0.2, 0) is 6.61 Å². The molecule has 0 bridgehead atoms. The first-order valence-corrected chi connectivity index (χ1v) is 17.6. The molecule has 2 nitrogen and oxygen atoms in total. The Balaban J connectivity index is 1.15. The van der Waals surface area contributed by atoms with Crippen molar-refractivity contribution in [1.82, 2.24) is 0 Å². The molecule has 2 aromatic carbocycles. The fraction of sp³-hybridized carbons (Fsp3) is 0.700. The minimum Gasteiger partial charge on any atom is -0.489 e. The fourth-order valence-electron chi connectivity index (χ4n) is 11.3. The van der Waals surface area contributed by atoms with Crippen LogP contribution in [0, 0.1) is 52.3 Å². The van der Waals surface area contributed by atoms with E-state index in [1.54, 1.807) is 0 Å². The lowest BCUT2D eigenvalue weighted by Gasteiger charge is -2.62. The smallest absolute Gasteiger partial charge is 0.123 e. The highest BCUT2D eigenvalue weighted by molar-refractivity contribution is 5.38. The molecule has 10 atom stereocenters. The summed E-state index contributed by atoms with van der Waals surface area (Å²) in [6.45, 7) is 13.2. The Labute approximate surface area is 257 Å². The normalized spacial score (nSPS) is 38.4. The van der Waals surface area contributed by atoms with E-state index >= 15 is 0 Å². The van der Waals surface area contributed by atoms with Crippen molar-refractivity contribution < 1.29 is 9.84 Å². The average molecular weight is 571 g/mol. The summed E-state index contributed by atoms with van der Waals surface area (Å²) < 4.78 is 6.38. The Morgan fingerprint density at radius 2 is 1.57 bits per heavy atom. The lowest BCUT2D eigenvalue weighted by molar-refractivity contribution is -0.138. The summed E-state index contributed by atoms with van der Waals surface area (Å²) in [6, 6.07) is 19.0. The van der Waals surface area contributed by atoms with Gasteiger partial charge in [0, 0.05) is 5.92 Å². The van der Waals surface area contributed by atoms with E-state index in [9.17, 15) is 5.11 Å². The number of benzene rings is 2. The molecule has 0 saturated heterocycles. The van der Waals surface area contributed by atoms with Crippen molar-refractivity contribution in [2.45, 2.75) is 124 Å².